The third kappa shape index (κ3) is 5.73. The van der Waals surface area contributed by atoms with Gasteiger partial charge in [-0.1, -0.05) is 11.6 Å². The third-order valence-electron chi connectivity index (χ3n) is 3.10. The van der Waals surface area contributed by atoms with Crippen LogP contribution in [0.1, 0.15) is 31.1 Å². The molecule has 25 heavy (non-hydrogen) atoms. The zero-order valence-corrected chi connectivity index (χ0v) is 16.1. The summed E-state index contributed by atoms with van der Waals surface area (Å²) < 4.78 is 10.9. The molecule has 0 aromatic heterocycles. The highest BCUT2D eigenvalue weighted by Crippen LogP contribution is 2.29. The quantitative estimate of drug-likeness (QED) is 0.743. The van der Waals surface area contributed by atoms with Crippen LogP contribution in [0.15, 0.2) is 36.4 Å². The Morgan fingerprint density at radius 1 is 1.16 bits per heavy atom. The number of halogens is 2. The fourth-order valence-electron chi connectivity index (χ4n) is 2.07. The number of rotatable bonds is 4. The molecule has 0 saturated carbocycles. The van der Waals surface area contributed by atoms with E-state index in [-0.39, 0.29) is 23.9 Å². The molecule has 2 aromatic carbocycles. The number of nitrogen functional groups attached to an aromatic ring is 1. The van der Waals surface area contributed by atoms with Crippen LogP contribution < -0.4 is 20.5 Å². The van der Waals surface area contributed by atoms with E-state index in [1.54, 1.807) is 24.3 Å². The fraction of sp³-hybridized carbons (Fsp3) is 0.278. The molecule has 2 rings (SSSR count). The van der Waals surface area contributed by atoms with E-state index >= 15 is 0 Å². The molecular formula is C18H22Cl2N2O3. The van der Waals surface area contributed by atoms with E-state index in [0.29, 0.717) is 27.7 Å². The number of anilines is 2. The van der Waals surface area contributed by atoms with Gasteiger partial charge in [-0.25, -0.2) is 0 Å². The molecule has 0 heterocycles. The molecular weight excluding hydrogens is 363 g/mol. The number of nitrogens with two attached hydrogens (primary N) is 1. The van der Waals surface area contributed by atoms with Crippen LogP contribution >= 0.6 is 24.0 Å². The van der Waals surface area contributed by atoms with Crippen molar-refractivity contribution in [2.45, 2.75) is 26.4 Å². The summed E-state index contributed by atoms with van der Waals surface area (Å²) in [4.78, 5) is 12.4. The number of carbonyl (C=O) groups is 1. The van der Waals surface area contributed by atoms with Gasteiger partial charge in [-0.2, -0.15) is 0 Å². The van der Waals surface area contributed by atoms with Crippen molar-refractivity contribution in [3.63, 3.8) is 0 Å². The smallest absolute Gasteiger partial charge is 0.259 e. The van der Waals surface area contributed by atoms with E-state index in [1.807, 2.05) is 20.8 Å². The zero-order chi connectivity index (χ0) is 17.9. The van der Waals surface area contributed by atoms with Gasteiger partial charge in [0.25, 0.3) is 5.91 Å². The van der Waals surface area contributed by atoms with Crippen molar-refractivity contribution in [1.82, 2.24) is 0 Å². The summed E-state index contributed by atoms with van der Waals surface area (Å²) in [6, 6.07) is 10.1. The molecule has 0 aliphatic carbocycles. The van der Waals surface area contributed by atoms with Gasteiger partial charge in [0.2, 0.25) is 0 Å². The molecule has 0 radical (unpaired) electrons. The Bertz CT molecular complexity index is 741. The molecule has 0 aliphatic heterocycles. The summed E-state index contributed by atoms with van der Waals surface area (Å²) in [5.74, 6) is 0.758. The van der Waals surface area contributed by atoms with Crippen molar-refractivity contribution in [3.05, 3.63) is 47.0 Å². The second kappa shape index (κ2) is 8.32. The Labute approximate surface area is 158 Å². The Balaban J connectivity index is 0.00000312. The SMILES string of the molecule is COc1cc(N)c(Cl)cc1C(=O)Nc1ccc(OC(C)(C)C)cc1.Cl. The monoisotopic (exact) mass is 384 g/mol. The van der Waals surface area contributed by atoms with Gasteiger partial charge in [0.1, 0.15) is 17.1 Å². The minimum atomic E-state index is -0.335. The minimum absolute atomic E-state index is 0. The van der Waals surface area contributed by atoms with Gasteiger partial charge in [-0.15, -0.1) is 12.4 Å². The lowest BCUT2D eigenvalue weighted by Gasteiger charge is -2.21. The van der Waals surface area contributed by atoms with Gasteiger partial charge in [-0.05, 0) is 51.1 Å². The van der Waals surface area contributed by atoms with Crippen molar-refractivity contribution in [2.75, 3.05) is 18.2 Å². The average molecular weight is 385 g/mol. The second-order valence-electron chi connectivity index (χ2n) is 6.27. The third-order valence-corrected chi connectivity index (χ3v) is 3.43. The van der Waals surface area contributed by atoms with E-state index in [1.165, 1.54) is 19.2 Å². The molecule has 136 valence electrons. The maximum Gasteiger partial charge on any atom is 0.259 e. The zero-order valence-electron chi connectivity index (χ0n) is 14.6. The summed E-state index contributed by atoms with van der Waals surface area (Å²) in [5, 5.41) is 3.10. The number of amides is 1. The summed E-state index contributed by atoms with van der Waals surface area (Å²) in [7, 11) is 1.47. The summed E-state index contributed by atoms with van der Waals surface area (Å²) in [6.45, 7) is 5.92. The summed E-state index contributed by atoms with van der Waals surface area (Å²) >= 11 is 6.00. The van der Waals surface area contributed by atoms with Crippen molar-refractivity contribution < 1.29 is 14.3 Å². The molecule has 5 nitrogen and oxygen atoms in total. The van der Waals surface area contributed by atoms with E-state index in [4.69, 9.17) is 26.8 Å². The molecule has 0 aliphatic rings. The van der Waals surface area contributed by atoms with Crippen LogP contribution in [-0.2, 0) is 0 Å². The first kappa shape index (κ1) is 20.9. The number of methoxy groups -OCH3 is 1. The molecule has 0 bridgehead atoms. The van der Waals surface area contributed by atoms with Gasteiger partial charge < -0.3 is 20.5 Å². The van der Waals surface area contributed by atoms with E-state index in [9.17, 15) is 4.79 Å². The van der Waals surface area contributed by atoms with Crippen molar-refractivity contribution in [3.8, 4) is 11.5 Å². The number of ether oxygens (including phenoxy) is 2. The normalized spacial score (nSPS) is 10.6. The second-order valence-corrected chi connectivity index (χ2v) is 6.67. The number of hydrogen-bond acceptors (Lipinski definition) is 4. The van der Waals surface area contributed by atoms with Crippen LogP contribution in [0.4, 0.5) is 11.4 Å². The van der Waals surface area contributed by atoms with Crippen LogP contribution in [0.2, 0.25) is 5.02 Å². The van der Waals surface area contributed by atoms with Crippen LogP contribution in [0.5, 0.6) is 11.5 Å². The molecule has 1 amide bonds. The highest BCUT2D eigenvalue weighted by atomic mass is 35.5. The van der Waals surface area contributed by atoms with Crippen LogP contribution in [0.3, 0.4) is 0 Å². The van der Waals surface area contributed by atoms with Gasteiger partial charge in [0, 0.05) is 11.8 Å². The van der Waals surface area contributed by atoms with E-state index in [0.717, 1.165) is 5.75 Å². The molecule has 0 fully saturated rings. The highest BCUT2D eigenvalue weighted by molar-refractivity contribution is 6.33. The minimum Gasteiger partial charge on any atom is -0.496 e. The van der Waals surface area contributed by atoms with Gasteiger partial charge >= 0.3 is 0 Å². The summed E-state index contributed by atoms with van der Waals surface area (Å²) in [6.07, 6.45) is 0. The molecule has 0 unspecified atom stereocenters. The average Bonchev–Trinajstić information content (AvgIpc) is 2.50. The van der Waals surface area contributed by atoms with Crippen LogP contribution in [0.25, 0.3) is 0 Å². The predicted molar refractivity (Wildman–Crippen MR) is 104 cm³/mol. The van der Waals surface area contributed by atoms with Crippen molar-refractivity contribution >= 4 is 41.3 Å². The molecule has 3 N–H and O–H groups in total. The molecule has 0 spiro atoms. The summed E-state index contributed by atoms with van der Waals surface area (Å²) in [5.41, 5.74) is 6.75. The lowest BCUT2D eigenvalue weighted by molar-refractivity contribution is 0.102. The van der Waals surface area contributed by atoms with Crippen molar-refractivity contribution in [1.29, 1.82) is 0 Å². The number of hydrogen-bond donors (Lipinski definition) is 2. The Morgan fingerprint density at radius 2 is 1.76 bits per heavy atom. The Morgan fingerprint density at radius 3 is 2.28 bits per heavy atom. The highest BCUT2D eigenvalue weighted by Gasteiger charge is 2.16. The largest absolute Gasteiger partial charge is 0.496 e. The predicted octanol–water partition coefficient (Wildman–Crippen LogP) is 4.78. The Kier molecular flexibility index (Phi) is 6.96. The lowest BCUT2D eigenvalue weighted by Crippen LogP contribution is -2.22. The van der Waals surface area contributed by atoms with Gasteiger partial charge in [0.05, 0.1) is 23.4 Å². The Hall–Kier alpha value is -2.11. The molecule has 2 aromatic rings. The maximum absolute atomic E-state index is 12.4. The first-order chi connectivity index (χ1) is 11.2. The topological polar surface area (TPSA) is 73.6 Å². The number of nitrogens with one attached hydrogen (secondary N) is 1. The molecule has 7 heteroatoms. The van der Waals surface area contributed by atoms with Gasteiger partial charge in [0.15, 0.2) is 0 Å². The number of carbonyl (C=O) groups excluding carboxylic acids is 1. The first-order valence-electron chi connectivity index (χ1n) is 7.43. The van der Waals surface area contributed by atoms with E-state index in [2.05, 4.69) is 5.32 Å². The maximum atomic E-state index is 12.4. The molecule has 0 atom stereocenters. The number of benzene rings is 2. The standard InChI is InChI=1S/C18H21ClN2O3.ClH/c1-18(2,3)24-12-7-5-11(6-8-12)21-17(22)13-9-14(19)15(20)10-16(13)23-4;/h5-10H,20H2,1-4H3,(H,21,22);1H. The van der Waals surface area contributed by atoms with E-state index < -0.39 is 0 Å². The van der Waals surface area contributed by atoms with Crippen LogP contribution in [-0.4, -0.2) is 18.6 Å². The first-order valence-corrected chi connectivity index (χ1v) is 7.81. The molecule has 0 saturated heterocycles. The van der Waals surface area contributed by atoms with Crippen molar-refractivity contribution in [2.24, 2.45) is 0 Å². The fourth-order valence-corrected chi connectivity index (χ4v) is 2.24. The lowest BCUT2D eigenvalue weighted by atomic mass is 10.1. The van der Waals surface area contributed by atoms with Crippen LogP contribution in [0, 0.1) is 0 Å². The van der Waals surface area contributed by atoms with Gasteiger partial charge in [-0.3, -0.25) is 4.79 Å².